The van der Waals surface area contributed by atoms with Crippen molar-refractivity contribution in [3.8, 4) is 22.7 Å². The zero-order chi connectivity index (χ0) is 20.9. The fraction of sp³-hybridized carbons (Fsp3) is 0.227. The highest BCUT2D eigenvalue weighted by Gasteiger charge is 2.27. The number of amides is 3. The molecule has 1 N–H and O–H groups in total. The Kier molecular flexibility index (Phi) is 6.04. The van der Waals surface area contributed by atoms with Crippen LogP contribution < -0.4 is 10.1 Å². The van der Waals surface area contributed by atoms with Gasteiger partial charge in [-0.3, -0.25) is 14.3 Å². The van der Waals surface area contributed by atoms with Gasteiger partial charge in [0.2, 0.25) is 5.91 Å². The number of carbonyl (C=O) groups excluding carboxylic acids is 2. The molecular formula is C22H22N4O3S. The van der Waals surface area contributed by atoms with E-state index in [1.54, 1.807) is 18.9 Å². The van der Waals surface area contributed by atoms with Crippen LogP contribution in [0.15, 0.2) is 66.0 Å². The normalized spacial score (nSPS) is 13.6. The highest BCUT2D eigenvalue weighted by atomic mass is 32.2. The molecule has 2 aromatic carbocycles. The molecule has 7 nitrogen and oxygen atoms in total. The van der Waals surface area contributed by atoms with Gasteiger partial charge in [-0.05, 0) is 18.6 Å². The molecule has 0 atom stereocenters. The van der Waals surface area contributed by atoms with E-state index in [9.17, 15) is 9.59 Å². The molecule has 30 heavy (non-hydrogen) atoms. The number of nitrogens with one attached hydrogen (secondary N) is 1. The Morgan fingerprint density at radius 3 is 2.60 bits per heavy atom. The monoisotopic (exact) mass is 422 g/mol. The van der Waals surface area contributed by atoms with Crippen LogP contribution in [0.2, 0.25) is 0 Å². The number of carbonyl (C=O) groups is 2. The van der Waals surface area contributed by atoms with Crippen LogP contribution in [0.25, 0.3) is 16.9 Å². The van der Waals surface area contributed by atoms with Crippen molar-refractivity contribution in [3.05, 3.63) is 60.8 Å². The number of imide groups is 1. The predicted molar refractivity (Wildman–Crippen MR) is 116 cm³/mol. The molecule has 0 bridgehead atoms. The largest absolute Gasteiger partial charge is 0.495 e. The lowest BCUT2D eigenvalue weighted by molar-refractivity contribution is -0.124. The van der Waals surface area contributed by atoms with Crippen molar-refractivity contribution in [2.45, 2.75) is 11.6 Å². The Hall–Kier alpha value is -3.26. The molecule has 8 heteroatoms. The maximum atomic E-state index is 11.7. The molecule has 1 saturated heterocycles. The van der Waals surface area contributed by atoms with Gasteiger partial charge in [0.05, 0.1) is 31.2 Å². The minimum Gasteiger partial charge on any atom is -0.495 e. The third-order valence-corrected chi connectivity index (χ3v) is 5.86. The van der Waals surface area contributed by atoms with Crippen molar-refractivity contribution in [1.29, 1.82) is 0 Å². The first-order valence-corrected chi connectivity index (χ1v) is 10.6. The van der Waals surface area contributed by atoms with E-state index in [4.69, 9.17) is 4.74 Å². The van der Waals surface area contributed by atoms with Crippen LogP contribution in [0.3, 0.4) is 0 Å². The summed E-state index contributed by atoms with van der Waals surface area (Å²) in [4.78, 5) is 29.3. The Balaban J connectivity index is 1.58. The first-order valence-electron chi connectivity index (χ1n) is 9.66. The summed E-state index contributed by atoms with van der Waals surface area (Å²) in [5.74, 6) is 1.30. The average Bonchev–Trinajstić information content (AvgIpc) is 3.35. The van der Waals surface area contributed by atoms with E-state index in [1.807, 2.05) is 48.7 Å². The zero-order valence-corrected chi connectivity index (χ0v) is 17.4. The molecule has 4 rings (SSSR count). The van der Waals surface area contributed by atoms with Crippen LogP contribution in [0.1, 0.15) is 6.42 Å². The molecule has 1 aromatic heterocycles. The summed E-state index contributed by atoms with van der Waals surface area (Å²) in [7, 11) is 1.66. The van der Waals surface area contributed by atoms with Gasteiger partial charge in [-0.25, -0.2) is 9.78 Å². The smallest absolute Gasteiger partial charge is 0.324 e. The molecular weight excluding hydrogens is 400 g/mol. The third-order valence-electron chi connectivity index (χ3n) is 4.82. The molecule has 0 spiro atoms. The fourth-order valence-electron chi connectivity index (χ4n) is 3.36. The molecule has 2 heterocycles. The summed E-state index contributed by atoms with van der Waals surface area (Å²) in [5.41, 5.74) is 2.94. The number of hydrogen-bond acceptors (Lipinski definition) is 5. The number of methoxy groups -OCH3 is 1. The number of aromatic nitrogens is 2. The van der Waals surface area contributed by atoms with Crippen LogP contribution in [0.5, 0.6) is 5.75 Å². The van der Waals surface area contributed by atoms with Gasteiger partial charge in [0.15, 0.2) is 5.16 Å². The number of imidazole rings is 1. The molecule has 0 saturated carbocycles. The van der Waals surface area contributed by atoms with Crippen LogP contribution >= 0.6 is 11.8 Å². The number of nitrogens with zero attached hydrogens (tertiary/aromatic N) is 3. The van der Waals surface area contributed by atoms with Gasteiger partial charge < -0.3 is 10.1 Å². The lowest BCUT2D eigenvalue weighted by atomic mass is 10.1. The molecule has 0 unspecified atom stereocenters. The van der Waals surface area contributed by atoms with Crippen molar-refractivity contribution < 1.29 is 14.3 Å². The summed E-state index contributed by atoms with van der Waals surface area (Å²) < 4.78 is 7.68. The number of hydrogen-bond donors (Lipinski definition) is 1. The third kappa shape index (κ3) is 4.04. The van der Waals surface area contributed by atoms with Crippen molar-refractivity contribution in [3.63, 3.8) is 0 Å². The molecule has 3 aromatic rings. The fourth-order valence-corrected chi connectivity index (χ4v) is 4.27. The second kappa shape index (κ2) is 9.04. The van der Waals surface area contributed by atoms with Crippen molar-refractivity contribution in [2.75, 3.05) is 26.0 Å². The number of benzene rings is 2. The van der Waals surface area contributed by atoms with Gasteiger partial charge in [-0.2, -0.15) is 0 Å². The molecule has 0 aliphatic carbocycles. The molecule has 1 aliphatic rings. The second-order valence-corrected chi connectivity index (χ2v) is 7.77. The number of thioether (sulfide) groups is 1. The van der Waals surface area contributed by atoms with E-state index < -0.39 is 0 Å². The lowest BCUT2D eigenvalue weighted by Gasteiger charge is -2.16. The van der Waals surface area contributed by atoms with Crippen LogP contribution in [-0.2, 0) is 4.79 Å². The summed E-state index contributed by atoms with van der Waals surface area (Å²) in [6.07, 6.45) is 2.55. The van der Waals surface area contributed by atoms with Crippen LogP contribution in [0, 0.1) is 0 Å². The average molecular weight is 423 g/mol. The quantitative estimate of drug-likeness (QED) is 0.341. The Morgan fingerprint density at radius 1 is 1.10 bits per heavy atom. The standard InChI is InChI=1S/C22H22N4O3S/c1-29-19-11-6-5-10-17(19)26-18(16-8-3-2-4-9-16)14-24-22(26)30-13-7-12-25-20(27)15-23-21(25)28/h2-6,8-11,14H,7,12-13,15H2,1H3,(H,23,28). The van der Waals surface area contributed by atoms with E-state index in [-0.39, 0.29) is 18.5 Å². The van der Waals surface area contributed by atoms with Gasteiger partial charge in [0, 0.05) is 17.9 Å². The number of rotatable bonds is 8. The molecule has 0 radical (unpaired) electrons. The second-order valence-electron chi connectivity index (χ2n) is 6.71. The van der Waals surface area contributed by atoms with Crippen LogP contribution in [0.4, 0.5) is 4.79 Å². The van der Waals surface area contributed by atoms with Gasteiger partial charge >= 0.3 is 6.03 Å². The molecule has 1 fully saturated rings. The van der Waals surface area contributed by atoms with E-state index in [0.717, 1.165) is 33.6 Å². The molecule has 3 amide bonds. The maximum Gasteiger partial charge on any atom is 0.324 e. The maximum absolute atomic E-state index is 11.7. The molecule has 154 valence electrons. The summed E-state index contributed by atoms with van der Waals surface area (Å²) in [6.45, 7) is 0.489. The summed E-state index contributed by atoms with van der Waals surface area (Å²) in [6, 6.07) is 17.6. The first-order chi connectivity index (χ1) is 14.7. The van der Waals surface area contributed by atoms with E-state index in [2.05, 4.69) is 27.0 Å². The predicted octanol–water partition coefficient (Wildman–Crippen LogP) is 3.58. The van der Waals surface area contributed by atoms with E-state index in [1.165, 1.54) is 4.90 Å². The lowest BCUT2D eigenvalue weighted by Crippen LogP contribution is -2.32. The summed E-state index contributed by atoms with van der Waals surface area (Å²) >= 11 is 1.59. The van der Waals surface area contributed by atoms with Gasteiger partial charge in [0.1, 0.15) is 5.75 Å². The number of para-hydroxylation sites is 2. The van der Waals surface area contributed by atoms with E-state index in [0.29, 0.717) is 13.0 Å². The van der Waals surface area contributed by atoms with Crippen molar-refractivity contribution in [2.24, 2.45) is 0 Å². The molecule has 1 aliphatic heterocycles. The first kappa shape index (κ1) is 20.0. The minimum absolute atomic E-state index is 0.0879. The topological polar surface area (TPSA) is 76.5 Å². The number of ether oxygens (including phenoxy) is 1. The highest BCUT2D eigenvalue weighted by Crippen LogP contribution is 2.34. The highest BCUT2D eigenvalue weighted by molar-refractivity contribution is 7.99. The van der Waals surface area contributed by atoms with Crippen molar-refractivity contribution >= 4 is 23.7 Å². The van der Waals surface area contributed by atoms with Gasteiger partial charge in [0.25, 0.3) is 0 Å². The SMILES string of the molecule is COc1ccccc1-n1c(-c2ccccc2)cnc1SCCCN1C(=O)CNC1=O. The van der Waals surface area contributed by atoms with E-state index >= 15 is 0 Å². The van der Waals surface area contributed by atoms with Gasteiger partial charge in [-0.1, -0.05) is 54.2 Å². The Morgan fingerprint density at radius 2 is 1.87 bits per heavy atom. The minimum atomic E-state index is -0.313. The van der Waals surface area contributed by atoms with Crippen LogP contribution in [-0.4, -0.2) is 52.3 Å². The Labute approximate surface area is 179 Å². The van der Waals surface area contributed by atoms with Crippen molar-refractivity contribution in [1.82, 2.24) is 19.8 Å². The van der Waals surface area contributed by atoms with Gasteiger partial charge in [-0.15, -0.1) is 0 Å². The summed E-state index contributed by atoms with van der Waals surface area (Å²) in [5, 5.41) is 3.37. The number of urea groups is 1. The Bertz CT molecular complexity index is 1040. The zero-order valence-electron chi connectivity index (χ0n) is 16.6.